The number of nitrogens with one attached hydrogen (secondary N) is 2. The highest BCUT2D eigenvalue weighted by molar-refractivity contribution is 7.99. The second-order valence-electron chi connectivity index (χ2n) is 12.7. The van der Waals surface area contributed by atoms with Crippen LogP contribution in [0.3, 0.4) is 0 Å². The second-order valence-corrected chi connectivity index (χ2v) is 13.8. The average molecular weight is 676 g/mol. The third-order valence-corrected chi connectivity index (χ3v) is 8.71. The highest BCUT2D eigenvalue weighted by Crippen LogP contribution is 2.33. The van der Waals surface area contributed by atoms with Crippen molar-refractivity contribution in [3.8, 4) is 0 Å². The molecular formula is C39H41N5O4S. The number of nitrogens with zero attached hydrogens (tertiary/aromatic N) is 3. The Morgan fingerprint density at radius 3 is 2.43 bits per heavy atom. The zero-order chi connectivity index (χ0) is 35.0. The number of pyridine rings is 1. The van der Waals surface area contributed by atoms with Gasteiger partial charge in [0.25, 0.3) is 5.91 Å². The van der Waals surface area contributed by atoms with Crippen LogP contribution in [0.1, 0.15) is 67.8 Å². The molecule has 0 aliphatic heterocycles. The zero-order valence-corrected chi connectivity index (χ0v) is 29.2. The quantitative estimate of drug-likeness (QED) is 0.129. The minimum Gasteiger partial charge on any atom is -0.460 e. The average Bonchev–Trinajstić information content (AvgIpc) is 3.42. The molecule has 2 heterocycles. The number of carbonyl (C=O) groups is 3. The van der Waals surface area contributed by atoms with Crippen LogP contribution in [-0.4, -0.2) is 45.2 Å². The number of carbonyl (C=O) groups excluding carboxylic acids is 3. The summed E-state index contributed by atoms with van der Waals surface area (Å²) < 4.78 is 7.32. The van der Waals surface area contributed by atoms with Gasteiger partial charge in [-0.05, 0) is 99.5 Å². The van der Waals surface area contributed by atoms with Crippen molar-refractivity contribution in [3.63, 3.8) is 0 Å². The van der Waals surface area contributed by atoms with Gasteiger partial charge in [-0.1, -0.05) is 49.0 Å². The number of esters is 1. The van der Waals surface area contributed by atoms with Crippen LogP contribution < -0.4 is 10.6 Å². The van der Waals surface area contributed by atoms with Crippen molar-refractivity contribution in [1.29, 1.82) is 0 Å². The minimum absolute atomic E-state index is 0.131. The summed E-state index contributed by atoms with van der Waals surface area (Å²) in [6.07, 6.45) is 6.35. The maximum atomic E-state index is 12.8. The number of benzene rings is 3. The predicted octanol–water partition coefficient (Wildman–Crippen LogP) is 7.86. The Bertz CT molecular complexity index is 1960. The van der Waals surface area contributed by atoms with Gasteiger partial charge in [-0.25, -0.2) is 0 Å². The fraction of sp³-hybridized carbons (Fsp3) is 0.256. The third-order valence-electron chi connectivity index (χ3n) is 7.64. The molecule has 3 aromatic carbocycles. The van der Waals surface area contributed by atoms with Crippen LogP contribution in [0.4, 0.5) is 5.69 Å². The molecule has 0 fully saturated rings. The molecule has 9 nitrogen and oxygen atoms in total. The number of ether oxygens (including phenoxy) is 1. The van der Waals surface area contributed by atoms with Crippen LogP contribution in [0.15, 0.2) is 101 Å². The maximum absolute atomic E-state index is 12.8. The van der Waals surface area contributed by atoms with Gasteiger partial charge in [-0.3, -0.25) is 24.0 Å². The van der Waals surface area contributed by atoms with Gasteiger partial charge in [0, 0.05) is 46.4 Å². The molecule has 49 heavy (non-hydrogen) atoms. The standard InChI is InChI=1S/C39H41N5O4S/c1-26(13-22-36(45)48-39(2,3)4)37(46)42-29-16-14-27(15-17-29)25-44-34(21-18-28-10-8-9-23-41-28)31-20-19-30(24-33(31)43-44)49-35-12-7-6-11-32(35)38(47)40-5/h6-12,14-21,23-24,26H,13,22,25H2,1-5H3,(H,40,47)(H,42,46)/b21-18+/t26-/m0/s1. The molecular weight excluding hydrogens is 635 g/mol. The van der Waals surface area contributed by atoms with Gasteiger partial charge in [-0.15, -0.1) is 0 Å². The van der Waals surface area contributed by atoms with Crippen molar-refractivity contribution in [2.24, 2.45) is 5.92 Å². The summed E-state index contributed by atoms with van der Waals surface area (Å²) in [4.78, 5) is 43.6. The lowest BCUT2D eigenvalue weighted by Gasteiger charge is -2.20. The molecule has 10 heteroatoms. The summed E-state index contributed by atoms with van der Waals surface area (Å²) in [5, 5.41) is 11.7. The van der Waals surface area contributed by atoms with Crippen molar-refractivity contribution in [1.82, 2.24) is 20.1 Å². The Kier molecular flexibility index (Phi) is 11.3. The molecule has 0 saturated heterocycles. The largest absolute Gasteiger partial charge is 0.460 e. The van der Waals surface area contributed by atoms with Crippen molar-refractivity contribution in [2.45, 2.75) is 62.5 Å². The second kappa shape index (κ2) is 15.8. The highest BCUT2D eigenvalue weighted by Gasteiger charge is 2.20. The van der Waals surface area contributed by atoms with Crippen molar-refractivity contribution < 1.29 is 19.1 Å². The van der Waals surface area contributed by atoms with Crippen molar-refractivity contribution >= 4 is 58.3 Å². The van der Waals surface area contributed by atoms with Gasteiger partial charge in [-0.2, -0.15) is 5.10 Å². The SMILES string of the molecule is CNC(=O)c1ccccc1Sc1ccc2c(/C=C/c3ccccn3)n(Cc3ccc(NC(=O)[C@@H](C)CCC(=O)OC(C)(C)C)cc3)nc2c1. The van der Waals surface area contributed by atoms with Crippen LogP contribution in [0.25, 0.3) is 23.1 Å². The van der Waals surface area contributed by atoms with Gasteiger partial charge in [0.15, 0.2) is 0 Å². The minimum atomic E-state index is -0.549. The van der Waals surface area contributed by atoms with Gasteiger partial charge >= 0.3 is 5.97 Å². The van der Waals surface area contributed by atoms with Crippen LogP contribution >= 0.6 is 11.8 Å². The molecule has 0 radical (unpaired) electrons. The Morgan fingerprint density at radius 1 is 0.959 bits per heavy atom. The van der Waals surface area contributed by atoms with E-state index in [-0.39, 0.29) is 30.1 Å². The number of anilines is 1. The van der Waals surface area contributed by atoms with Gasteiger partial charge in [0.2, 0.25) is 5.91 Å². The number of hydrogen-bond acceptors (Lipinski definition) is 7. The monoisotopic (exact) mass is 675 g/mol. The summed E-state index contributed by atoms with van der Waals surface area (Å²) >= 11 is 1.52. The molecule has 0 spiro atoms. The Labute approximate surface area is 291 Å². The van der Waals surface area contributed by atoms with E-state index in [2.05, 4.69) is 21.7 Å². The first kappa shape index (κ1) is 35.1. The fourth-order valence-corrected chi connectivity index (χ4v) is 6.11. The van der Waals surface area contributed by atoms with E-state index in [0.717, 1.165) is 37.6 Å². The van der Waals surface area contributed by atoms with Crippen LogP contribution in [-0.2, 0) is 20.9 Å². The fourth-order valence-electron chi connectivity index (χ4n) is 5.13. The van der Waals surface area contributed by atoms with Crippen LogP contribution in [0.5, 0.6) is 0 Å². The summed E-state index contributed by atoms with van der Waals surface area (Å²) in [5.74, 6) is -0.937. The van der Waals surface area contributed by atoms with Gasteiger partial charge in [0.05, 0.1) is 29.0 Å². The molecule has 2 amide bonds. The highest BCUT2D eigenvalue weighted by atomic mass is 32.2. The predicted molar refractivity (Wildman–Crippen MR) is 195 cm³/mol. The smallest absolute Gasteiger partial charge is 0.306 e. The molecule has 0 aliphatic carbocycles. The molecule has 5 rings (SSSR count). The first-order chi connectivity index (χ1) is 23.5. The van der Waals surface area contributed by atoms with Gasteiger partial charge < -0.3 is 15.4 Å². The third kappa shape index (κ3) is 9.67. The first-order valence-electron chi connectivity index (χ1n) is 16.2. The normalized spacial score (nSPS) is 12.2. The molecule has 252 valence electrons. The Balaban J connectivity index is 1.34. The summed E-state index contributed by atoms with van der Waals surface area (Å²) in [6.45, 7) is 7.78. The molecule has 0 aliphatic rings. The lowest BCUT2D eigenvalue weighted by molar-refractivity contribution is -0.155. The number of rotatable bonds is 12. The van der Waals surface area contributed by atoms with E-state index in [9.17, 15) is 14.4 Å². The van der Waals surface area contributed by atoms with E-state index in [1.165, 1.54) is 11.8 Å². The van der Waals surface area contributed by atoms with E-state index < -0.39 is 5.60 Å². The van der Waals surface area contributed by atoms with Crippen molar-refractivity contribution in [3.05, 3.63) is 114 Å². The number of amides is 2. The van der Waals surface area contributed by atoms with Crippen LogP contribution in [0, 0.1) is 5.92 Å². The zero-order valence-electron chi connectivity index (χ0n) is 28.4. The number of aromatic nitrogens is 3. The first-order valence-corrected chi connectivity index (χ1v) is 17.0. The Morgan fingerprint density at radius 2 is 1.71 bits per heavy atom. The molecule has 2 N–H and O–H groups in total. The van der Waals surface area contributed by atoms with E-state index in [1.807, 2.05) is 116 Å². The Hall–Kier alpha value is -5.22. The molecule has 1 atom stereocenters. The topological polar surface area (TPSA) is 115 Å². The molecule has 5 aromatic rings. The molecule has 0 bridgehead atoms. The molecule has 0 unspecified atom stereocenters. The van der Waals surface area contributed by atoms with E-state index in [0.29, 0.717) is 24.2 Å². The number of hydrogen-bond donors (Lipinski definition) is 2. The number of fused-ring (bicyclic) bond motifs is 1. The summed E-state index contributed by atoms with van der Waals surface area (Å²) in [7, 11) is 1.63. The van der Waals surface area contributed by atoms with Crippen LogP contribution in [0.2, 0.25) is 0 Å². The van der Waals surface area contributed by atoms with Gasteiger partial charge in [0.1, 0.15) is 5.60 Å². The van der Waals surface area contributed by atoms with E-state index in [4.69, 9.17) is 9.84 Å². The summed E-state index contributed by atoms with van der Waals surface area (Å²) in [5.41, 5.74) is 4.35. The lowest BCUT2D eigenvalue weighted by atomic mass is 10.0. The lowest BCUT2D eigenvalue weighted by Crippen LogP contribution is -2.25. The summed E-state index contributed by atoms with van der Waals surface area (Å²) in [6, 6.07) is 27.2. The van der Waals surface area contributed by atoms with Crippen molar-refractivity contribution in [2.75, 3.05) is 12.4 Å². The van der Waals surface area contributed by atoms with E-state index in [1.54, 1.807) is 20.2 Å². The molecule has 2 aromatic heterocycles. The van der Waals surface area contributed by atoms with E-state index >= 15 is 0 Å². The molecule has 0 saturated carbocycles. The maximum Gasteiger partial charge on any atom is 0.306 e.